The Labute approximate surface area is 232 Å². The van der Waals surface area contributed by atoms with Crippen LogP contribution in [0.5, 0.6) is 11.5 Å². The van der Waals surface area contributed by atoms with Crippen molar-refractivity contribution in [1.82, 2.24) is 14.9 Å². The van der Waals surface area contributed by atoms with Crippen LogP contribution < -0.4 is 25.6 Å². The SMILES string of the molecule is CN1CCN(c2cc(C(F)(F)F)cc(NC(=O)Nc3ccc(Oc4ccnc(NC(=O)C5CC5)c4)c(F)c3)n2)CC1. The van der Waals surface area contributed by atoms with Crippen LogP contribution in [0.25, 0.3) is 0 Å². The minimum Gasteiger partial charge on any atom is -0.454 e. The number of benzene rings is 1. The molecule has 1 aliphatic heterocycles. The summed E-state index contributed by atoms with van der Waals surface area (Å²) in [6.07, 6.45) is -1.57. The van der Waals surface area contributed by atoms with Crippen LogP contribution >= 0.6 is 0 Å². The van der Waals surface area contributed by atoms with Gasteiger partial charge in [-0.1, -0.05) is 0 Å². The molecule has 1 saturated heterocycles. The Kier molecular flexibility index (Phi) is 7.92. The van der Waals surface area contributed by atoms with Crippen molar-refractivity contribution in [2.45, 2.75) is 19.0 Å². The van der Waals surface area contributed by atoms with Crippen LogP contribution in [-0.2, 0) is 11.0 Å². The third-order valence-electron chi connectivity index (χ3n) is 6.56. The number of urea groups is 1. The summed E-state index contributed by atoms with van der Waals surface area (Å²) in [5.74, 6) is -0.805. The van der Waals surface area contributed by atoms with Crippen molar-refractivity contribution in [3.05, 3.63) is 60.0 Å². The lowest BCUT2D eigenvalue weighted by molar-refractivity contribution is -0.137. The summed E-state index contributed by atoms with van der Waals surface area (Å²) >= 11 is 0. The minimum absolute atomic E-state index is 0.0144. The topological polar surface area (TPSA) is 112 Å². The Morgan fingerprint density at radius 1 is 0.951 bits per heavy atom. The predicted molar refractivity (Wildman–Crippen MR) is 144 cm³/mol. The first-order chi connectivity index (χ1) is 19.5. The smallest absolute Gasteiger partial charge is 0.416 e. The van der Waals surface area contributed by atoms with E-state index >= 15 is 0 Å². The molecule has 1 aromatic carbocycles. The van der Waals surface area contributed by atoms with Gasteiger partial charge in [-0.25, -0.2) is 19.2 Å². The molecule has 1 aliphatic carbocycles. The largest absolute Gasteiger partial charge is 0.454 e. The van der Waals surface area contributed by atoms with Gasteiger partial charge in [0.2, 0.25) is 5.91 Å². The summed E-state index contributed by atoms with van der Waals surface area (Å²) in [6.45, 7) is 2.29. The number of pyridine rings is 2. The maximum absolute atomic E-state index is 14.8. The van der Waals surface area contributed by atoms with E-state index in [9.17, 15) is 27.2 Å². The van der Waals surface area contributed by atoms with E-state index in [4.69, 9.17) is 4.74 Å². The quantitative estimate of drug-likeness (QED) is 0.335. The van der Waals surface area contributed by atoms with Crippen molar-refractivity contribution in [3.8, 4) is 11.5 Å². The molecule has 3 aromatic rings. The normalized spacial score (nSPS) is 15.8. The number of ether oxygens (including phenoxy) is 1. The van der Waals surface area contributed by atoms with Crippen LogP contribution in [0.2, 0.25) is 0 Å². The van der Waals surface area contributed by atoms with Crippen LogP contribution in [-0.4, -0.2) is 60.0 Å². The Bertz CT molecular complexity index is 1440. The summed E-state index contributed by atoms with van der Waals surface area (Å²) in [7, 11) is 1.92. The van der Waals surface area contributed by atoms with Gasteiger partial charge in [0.1, 0.15) is 23.2 Å². The van der Waals surface area contributed by atoms with E-state index in [2.05, 4.69) is 30.8 Å². The molecular weight excluding hydrogens is 546 g/mol. The molecule has 216 valence electrons. The van der Waals surface area contributed by atoms with Crippen LogP contribution in [0.4, 0.5) is 45.5 Å². The van der Waals surface area contributed by atoms with Crippen LogP contribution in [0.3, 0.4) is 0 Å². The first kappa shape index (κ1) is 28.1. The molecule has 0 atom stereocenters. The number of rotatable bonds is 7. The highest BCUT2D eigenvalue weighted by molar-refractivity contribution is 5.99. The molecule has 10 nitrogen and oxygen atoms in total. The molecule has 0 radical (unpaired) electrons. The van der Waals surface area contributed by atoms with Crippen LogP contribution in [0, 0.1) is 11.7 Å². The average Bonchev–Trinajstić information content (AvgIpc) is 3.76. The number of nitrogens with one attached hydrogen (secondary N) is 3. The lowest BCUT2D eigenvalue weighted by Crippen LogP contribution is -2.45. The summed E-state index contributed by atoms with van der Waals surface area (Å²) in [5, 5.41) is 7.37. The molecule has 0 bridgehead atoms. The maximum atomic E-state index is 14.8. The van der Waals surface area contributed by atoms with Gasteiger partial charge < -0.3 is 25.2 Å². The van der Waals surface area contributed by atoms with Crippen molar-refractivity contribution in [2.75, 3.05) is 54.1 Å². The number of hydrogen-bond acceptors (Lipinski definition) is 7. The van der Waals surface area contributed by atoms with Crippen molar-refractivity contribution in [3.63, 3.8) is 0 Å². The van der Waals surface area contributed by atoms with E-state index in [0.29, 0.717) is 26.2 Å². The van der Waals surface area contributed by atoms with Crippen LogP contribution in [0.1, 0.15) is 18.4 Å². The zero-order valence-electron chi connectivity index (χ0n) is 22.0. The van der Waals surface area contributed by atoms with Gasteiger partial charge in [-0.3, -0.25) is 10.1 Å². The third-order valence-corrected chi connectivity index (χ3v) is 6.56. The van der Waals surface area contributed by atoms with Gasteiger partial charge in [-0.05, 0) is 50.2 Å². The number of carbonyl (C=O) groups excluding carboxylic acids is 2. The number of anilines is 4. The number of carbonyl (C=O) groups is 2. The standard InChI is InChI=1S/C27H27F4N7O3/c1-37-8-10-38(11-9-37)24-13-17(27(29,30)31)12-23(34-24)36-26(40)33-18-4-5-21(20(28)14-18)41-19-6-7-32-22(15-19)35-25(39)16-2-3-16/h4-7,12-16H,2-3,8-11H2,1H3,(H,32,35,39)(H2,33,34,36,40). The predicted octanol–water partition coefficient (Wildman–Crippen LogP) is 5.17. The monoisotopic (exact) mass is 573 g/mol. The molecule has 2 aliphatic rings. The summed E-state index contributed by atoms with van der Waals surface area (Å²) in [6, 6.07) is 7.39. The number of halogens is 4. The second kappa shape index (κ2) is 11.6. The number of amides is 3. The molecule has 41 heavy (non-hydrogen) atoms. The zero-order chi connectivity index (χ0) is 29.1. The fourth-order valence-corrected chi connectivity index (χ4v) is 4.13. The molecule has 0 unspecified atom stereocenters. The van der Waals surface area contributed by atoms with E-state index in [-0.39, 0.29) is 46.5 Å². The molecule has 2 fully saturated rings. The molecule has 3 amide bonds. The molecule has 0 spiro atoms. The first-order valence-electron chi connectivity index (χ1n) is 12.9. The minimum atomic E-state index is -4.64. The van der Waals surface area contributed by atoms with E-state index in [0.717, 1.165) is 31.0 Å². The Balaban J connectivity index is 1.24. The highest BCUT2D eigenvalue weighted by Gasteiger charge is 2.33. The molecular formula is C27H27F4N7O3. The van der Waals surface area contributed by atoms with Crippen molar-refractivity contribution < 1.29 is 31.9 Å². The van der Waals surface area contributed by atoms with E-state index in [1.165, 1.54) is 30.5 Å². The van der Waals surface area contributed by atoms with Crippen LogP contribution in [0.15, 0.2) is 48.7 Å². The van der Waals surface area contributed by atoms with E-state index in [1.54, 1.807) is 4.90 Å². The van der Waals surface area contributed by atoms with Gasteiger partial charge >= 0.3 is 12.2 Å². The van der Waals surface area contributed by atoms with Crippen molar-refractivity contribution in [1.29, 1.82) is 0 Å². The van der Waals surface area contributed by atoms with Gasteiger partial charge in [0.15, 0.2) is 11.6 Å². The number of likely N-dealkylation sites (N-methyl/N-ethyl adjacent to an activating group) is 1. The summed E-state index contributed by atoms with van der Waals surface area (Å²) in [5.41, 5.74) is -0.915. The number of nitrogens with zero attached hydrogens (tertiary/aromatic N) is 4. The first-order valence-corrected chi connectivity index (χ1v) is 12.9. The number of aromatic nitrogens is 2. The molecule has 3 heterocycles. The second-order valence-corrected chi connectivity index (χ2v) is 9.85. The Hall–Kier alpha value is -4.46. The summed E-state index contributed by atoms with van der Waals surface area (Å²) < 4.78 is 61.0. The number of hydrogen-bond donors (Lipinski definition) is 3. The lowest BCUT2D eigenvalue weighted by Gasteiger charge is -2.33. The van der Waals surface area contributed by atoms with E-state index < -0.39 is 23.6 Å². The Morgan fingerprint density at radius 3 is 2.39 bits per heavy atom. The molecule has 2 aromatic heterocycles. The van der Waals surface area contributed by atoms with Gasteiger partial charge in [-0.15, -0.1) is 0 Å². The Morgan fingerprint density at radius 2 is 1.71 bits per heavy atom. The van der Waals surface area contributed by atoms with Crippen molar-refractivity contribution in [2.24, 2.45) is 5.92 Å². The second-order valence-electron chi connectivity index (χ2n) is 9.85. The zero-order valence-corrected chi connectivity index (χ0v) is 22.0. The van der Waals surface area contributed by atoms with E-state index in [1.807, 2.05) is 7.05 Å². The number of piperazine rings is 1. The lowest BCUT2D eigenvalue weighted by atomic mass is 10.2. The fraction of sp³-hybridized carbons (Fsp3) is 0.333. The molecule has 3 N–H and O–H groups in total. The van der Waals surface area contributed by atoms with Gasteiger partial charge in [0.25, 0.3) is 0 Å². The molecule has 1 saturated carbocycles. The highest BCUT2D eigenvalue weighted by atomic mass is 19.4. The summed E-state index contributed by atoms with van der Waals surface area (Å²) in [4.78, 5) is 36.6. The van der Waals surface area contributed by atoms with Gasteiger partial charge in [0.05, 0.1) is 5.56 Å². The maximum Gasteiger partial charge on any atom is 0.416 e. The van der Waals surface area contributed by atoms with Crippen molar-refractivity contribution >= 4 is 35.1 Å². The highest BCUT2D eigenvalue weighted by Crippen LogP contribution is 2.34. The molecule has 14 heteroatoms. The van der Waals surface area contributed by atoms with Gasteiger partial charge in [0, 0.05) is 56.1 Å². The third kappa shape index (κ3) is 7.39. The molecule has 5 rings (SSSR count). The van der Waals surface area contributed by atoms with Gasteiger partial charge in [-0.2, -0.15) is 13.2 Å². The fourth-order valence-electron chi connectivity index (χ4n) is 4.13. The number of alkyl halides is 3. The average molecular weight is 574 g/mol.